The van der Waals surface area contributed by atoms with Crippen molar-refractivity contribution < 1.29 is 24.9 Å². The molecule has 0 aliphatic rings. The SMILES string of the molecule is CCCCCCC[C@@H](O)Cc1cc(O)c(C(=O)OC)c(O)c1. The van der Waals surface area contributed by atoms with Crippen molar-refractivity contribution in [3.05, 3.63) is 23.3 Å². The molecule has 0 saturated carbocycles. The lowest BCUT2D eigenvalue weighted by Crippen LogP contribution is -2.11. The summed E-state index contributed by atoms with van der Waals surface area (Å²) in [6, 6.07) is 2.76. The van der Waals surface area contributed by atoms with E-state index in [2.05, 4.69) is 11.7 Å². The molecule has 0 unspecified atom stereocenters. The Labute approximate surface area is 131 Å². The molecule has 1 rings (SSSR count). The van der Waals surface area contributed by atoms with E-state index >= 15 is 0 Å². The summed E-state index contributed by atoms with van der Waals surface area (Å²) in [5.41, 5.74) is 0.337. The zero-order valence-corrected chi connectivity index (χ0v) is 13.3. The number of carbonyl (C=O) groups is 1. The number of esters is 1. The number of phenolic OH excluding ortho intramolecular Hbond substituents is 2. The molecule has 1 atom stereocenters. The number of ether oxygens (including phenoxy) is 1. The Kier molecular flexibility index (Phi) is 7.74. The highest BCUT2D eigenvalue weighted by atomic mass is 16.5. The summed E-state index contributed by atoms with van der Waals surface area (Å²) >= 11 is 0. The second-order valence-corrected chi connectivity index (χ2v) is 5.56. The first-order chi connectivity index (χ1) is 10.5. The third-order valence-corrected chi connectivity index (χ3v) is 3.66. The van der Waals surface area contributed by atoms with Crippen LogP contribution in [0.3, 0.4) is 0 Å². The normalized spacial score (nSPS) is 12.1. The second-order valence-electron chi connectivity index (χ2n) is 5.56. The summed E-state index contributed by atoms with van der Waals surface area (Å²) in [6.07, 6.45) is 6.13. The molecule has 0 amide bonds. The van der Waals surface area contributed by atoms with E-state index in [-0.39, 0.29) is 17.1 Å². The topological polar surface area (TPSA) is 87.0 Å². The first-order valence-corrected chi connectivity index (χ1v) is 7.80. The molecule has 1 aromatic carbocycles. The first kappa shape index (κ1) is 18.3. The van der Waals surface area contributed by atoms with E-state index in [9.17, 15) is 20.1 Å². The number of aliphatic hydroxyl groups excluding tert-OH is 1. The molecule has 0 saturated heterocycles. The Hall–Kier alpha value is -1.75. The Morgan fingerprint density at radius 3 is 2.27 bits per heavy atom. The largest absolute Gasteiger partial charge is 0.507 e. The predicted molar refractivity (Wildman–Crippen MR) is 84.2 cm³/mol. The highest BCUT2D eigenvalue weighted by Crippen LogP contribution is 2.30. The lowest BCUT2D eigenvalue weighted by molar-refractivity contribution is 0.0594. The third-order valence-electron chi connectivity index (χ3n) is 3.66. The van der Waals surface area contributed by atoms with Gasteiger partial charge in [-0.2, -0.15) is 0 Å². The van der Waals surface area contributed by atoms with Crippen LogP contribution in [0, 0.1) is 0 Å². The van der Waals surface area contributed by atoms with Gasteiger partial charge in [-0.05, 0) is 30.5 Å². The minimum Gasteiger partial charge on any atom is -0.507 e. The van der Waals surface area contributed by atoms with Crippen molar-refractivity contribution in [2.45, 2.75) is 58.0 Å². The van der Waals surface area contributed by atoms with E-state index in [0.29, 0.717) is 18.4 Å². The van der Waals surface area contributed by atoms with Crippen LogP contribution in [0.4, 0.5) is 0 Å². The van der Waals surface area contributed by atoms with Gasteiger partial charge in [0.1, 0.15) is 17.1 Å². The number of aliphatic hydroxyl groups is 1. The van der Waals surface area contributed by atoms with Gasteiger partial charge in [-0.15, -0.1) is 0 Å². The van der Waals surface area contributed by atoms with Crippen LogP contribution in [0.2, 0.25) is 0 Å². The molecule has 0 aromatic heterocycles. The summed E-state index contributed by atoms with van der Waals surface area (Å²) < 4.78 is 4.50. The van der Waals surface area contributed by atoms with Gasteiger partial charge < -0.3 is 20.1 Å². The van der Waals surface area contributed by atoms with Crippen molar-refractivity contribution in [3.63, 3.8) is 0 Å². The molecule has 22 heavy (non-hydrogen) atoms. The average molecular weight is 310 g/mol. The first-order valence-electron chi connectivity index (χ1n) is 7.80. The van der Waals surface area contributed by atoms with Crippen LogP contribution in [-0.4, -0.2) is 34.5 Å². The Balaban J connectivity index is 2.57. The van der Waals surface area contributed by atoms with Crippen molar-refractivity contribution in [1.82, 2.24) is 0 Å². The Bertz CT molecular complexity index is 461. The van der Waals surface area contributed by atoms with E-state index in [1.807, 2.05) is 0 Å². The van der Waals surface area contributed by atoms with Crippen LogP contribution in [0.25, 0.3) is 0 Å². The lowest BCUT2D eigenvalue weighted by Gasteiger charge is -2.13. The predicted octanol–water partition coefficient (Wildman–Crippen LogP) is 3.15. The minimum atomic E-state index is -0.793. The lowest BCUT2D eigenvalue weighted by atomic mass is 10.00. The van der Waals surface area contributed by atoms with Gasteiger partial charge in [-0.3, -0.25) is 0 Å². The van der Waals surface area contributed by atoms with Crippen LogP contribution in [0.5, 0.6) is 11.5 Å². The summed E-state index contributed by atoms with van der Waals surface area (Å²) in [6.45, 7) is 2.16. The number of unbranched alkanes of at least 4 members (excludes halogenated alkanes) is 4. The van der Waals surface area contributed by atoms with Crippen molar-refractivity contribution in [2.24, 2.45) is 0 Å². The molecule has 0 aliphatic heterocycles. The van der Waals surface area contributed by atoms with Gasteiger partial charge in [-0.1, -0.05) is 39.0 Å². The maximum Gasteiger partial charge on any atom is 0.345 e. The number of hydrogen-bond acceptors (Lipinski definition) is 5. The summed E-state index contributed by atoms with van der Waals surface area (Å²) in [5.74, 6) is -1.47. The van der Waals surface area contributed by atoms with E-state index in [1.54, 1.807) is 0 Å². The van der Waals surface area contributed by atoms with Gasteiger partial charge >= 0.3 is 5.97 Å². The number of carbonyl (C=O) groups excluding carboxylic acids is 1. The van der Waals surface area contributed by atoms with E-state index in [0.717, 1.165) is 12.8 Å². The van der Waals surface area contributed by atoms with Gasteiger partial charge in [0.05, 0.1) is 13.2 Å². The number of hydrogen-bond donors (Lipinski definition) is 3. The molecule has 1 aromatic rings. The maximum absolute atomic E-state index is 11.4. The van der Waals surface area contributed by atoms with Gasteiger partial charge in [0.2, 0.25) is 0 Å². The Morgan fingerprint density at radius 2 is 1.73 bits per heavy atom. The molecular weight excluding hydrogens is 284 g/mol. The van der Waals surface area contributed by atoms with Gasteiger partial charge in [0.15, 0.2) is 0 Å². The van der Waals surface area contributed by atoms with Gasteiger partial charge in [0, 0.05) is 0 Å². The smallest absolute Gasteiger partial charge is 0.345 e. The second kappa shape index (κ2) is 9.30. The molecule has 0 spiro atoms. The third kappa shape index (κ3) is 5.56. The number of rotatable bonds is 9. The van der Waals surface area contributed by atoms with Crippen LogP contribution < -0.4 is 0 Å². The van der Waals surface area contributed by atoms with Crippen LogP contribution >= 0.6 is 0 Å². The summed E-state index contributed by atoms with van der Waals surface area (Å²) in [7, 11) is 1.18. The van der Waals surface area contributed by atoms with Crippen LogP contribution in [0.15, 0.2) is 12.1 Å². The highest BCUT2D eigenvalue weighted by molar-refractivity contribution is 5.95. The molecule has 3 N–H and O–H groups in total. The van der Waals surface area contributed by atoms with E-state index in [1.165, 1.54) is 38.5 Å². The number of aromatic hydroxyl groups is 2. The molecule has 0 fully saturated rings. The zero-order valence-electron chi connectivity index (χ0n) is 13.3. The molecule has 5 nitrogen and oxygen atoms in total. The molecule has 124 valence electrons. The maximum atomic E-state index is 11.4. The molecule has 0 radical (unpaired) electrons. The molecule has 0 heterocycles. The molecule has 5 heteroatoms. The summed E-state index contributed by atoms with van der Waals surface area (Å²) in [4.78, 5) is 11.4. The van der Waals surface area contributed by atoms with E-state index in [4.69, 9.17) is 0 Å². The molecular formula is C17H26O5. The fourth-order valence-corrected chi connectivity index (χ4v) is 2.46. The standard InChI is InChI=1S/C17H26O5/c1-3-4-5-6-7-8-13(18)9-12-10-14(19)16(15(20)11-12)17(21)22-2/h10-11,13,18-20H,3-9H2,1-2H3/t13-/m1/s1. The number of benzene rings is 1. The van der Waals surface area contributed by atoms with Crippen molar-refractivity contribution >= 4 is 5.97 Å². The zero-order chi connectivity index (χ0) is 16.5. The fraction of sp³-hybridized carbons (Fsp3) is 0.588. The average Bonchev–Trinajstić information content (AvgIpc) is 2.46. The van der Waals surface area contributed by atoms with Crippen molar-refractivity contribution in [1.29, 1.82) is 0 Å². The highest BCUT2D eigenvalue weighted by Gasteiger charge is 2.19. The monoisotopic (exact) mass is 310 g/mol. The van der Waals surface area contributed by atoms with E-state index < -0.39 is 12.1 Å². The van der Waals surface area contributed by atoms with Crippen LogP contribution in [-0.2, 0) is 11.2 Å². The molecule has 0 aliphatic carbocycles. The summed E-state index contributed by atoms with van der Waals surface area (Å²) in [5, 5.41) is 29.6. The van der Waals surface area contributed by atoms with Crippen molar-refractivity contribution in [2.75, 3.05) is 7.11 Å². The Morgan fingerprint density at radius 1 is 1.14 bits per heavy atom. The van der Waals surface area contributed by atoms with Gasteiger partial charge in [0.25, 0.3) is 0 Å². The number of methoxy groups -OCH3 is 1. The van der Waals surface area contributed by atoms with Crippen LogP contribution in [0.1, 0.15) is 61.4 Å². The van der Waals surface area contributed by atoms with Crippen molar-refractivity contribution in [3.8, 4) is 11.5 Å². The number of phenols is 2. The quantitative estimate of drug-likeness (QED) is 0.482. The fourth-order valence-electron chi connectivity index (χ4n) is 2.46. The van der Waals surface area contributed by atoms with Gasteiger partial charge in [-0.25, -0.2) is 4.79 Å². The molecule has 0 bridgehead atoms. The minimum absolute atomic E-state index is 0.250.